The minimum atomic E-state index is -1.07. The van der Waals surface area contributed by atoms with Crippen LogP contribution in [0, 0.1) is 0 Å². The molecule has 1 amide bonds. The molecule has 1 aromatic heterocycles. The third-order valence-electron chi connectivity index (χ3n) is 5.41. The molecule has 2 aromatic rings. The number of aromatic amines is 1. The Kier molecular flexibility index (Phi) is 4.70. The molecule has 2 N–H and O–H groups in total. The Labute approximate surface area is 146 Å². The van der Waals surface area contributed by atoms with Crippen LogP contribution in [0.5, 0.6) is 5.75 Å². The van der Waals surface area contributed by atoms with Crippen LogP contribution in [-0.2, 0) is 16.0 Å². The standard InChI is InChI=1S/C19H24N2O4/c1-21(19(18(23)24)8-4-3-5-9-19)17(22)10-13-12-20-16-7-6-14(25-2)11-15(13)16/h6-7,11-12,20H,3-5,8-10H2,1-2H3,(H,23,24). The van der Waals surface area contributed by atoms with Gasteiger partial charge in [-0.3, -0.25) is 4.79 Å². The Morgan fingerprint density at radius 1 is 1.28 bits per heavy atom. The minimum Gasteiger partial charge on any atom is -0.497 e. The van der Waals surface area contributed by atoms with Gasteiger partial charge in [-0.05, 0) is 36.6 Å². The average molecular weight is 344 g/mol. The summed E-state index contributed by atoms with van der Waals surface area (Å²) in [6.45, 7) is 0. The van der Waals surface area contributed by atoms with E-state index in [1.54, 1.807) is 14.2 Å². The number of aromatic nitrogens is 1. The number of ether oxygens (including phenoxy) is 1. The van der Waals surface area contributed by atoms with Crippen molar-refractivity contribution >= 4 is 22.8 Å². The van der Waals surface area contributed by atoms with Crippen LogP contribution in [0.15, 0.2) is 24.4 Å². The van der Waals surface area contributed by atoms with Crippen molar-refractivity contribution in [3.63, 3.8) is 0 Å². The molecule has 6 heteroatoms. The van der Waals surface area contributed by atoms with E-state index in [1.165, 1.54) is 4.90 Å². The Bertz CT molecular complexity index is 790. The zero-order valence-electron chi connectivity index (χ0n) is 14.7. The van der Waals surface area contributed by atoms with Gasteiger partial charge in [0.2, 0.25) is 5.91 Å². The van der Waals surface area contributed by atoms with Crippen molar-refractivity contribution in [2.75, 3.05) is 14.2 Å². The second-order valence-corrected chi connectivity index (χ2v) is 6.75. The zero-order chi connectivity index (χ0) is 18.0. The van der Waals surface area contributed by atoms with Crippen LogP contribution in [0.25, 0.3) is 10.9 Å². The van der Waals surface area contributed by atoms with Crippen LogP contribution in [-0.4, -0.2) is 46.6 Å². The first-order chi connectivity index (χ1) is 12.0. The van der Waals surface area contributed by atoms with Gasteiger partial charge in [0.25, 0.3) is 0 Å². The van der Waals surface area contributed by atoms with Crippen molar-refractivity contribution in [3.05, 3.63) is 30.0 Å². The molecule has 6 nitrogen and oxygen atoms in total. The molecule has 1 saturated carbocycles. The smallest absolute Gasteiger partial charge is 0.329 e. The van der Waals surface area contributed by atoms with Crippen molar-refractivity contribution < 1.29 is 19.4 Å². The van der Waals surface area contributed by atoms with E-state index in [0.29, 0.717) is 12.8 Å². The number of amides is 1. The third kappa shape index (κ3) is 3.08. The normalized spacial score (nSPS) is 16.6. The molecule has 134 valence electrons. The third-order valence-corrected chi connectivity index (χ3v) is 5.41. The molecule has 1 aliphatic carbocycles. The summed E-state index contributed by atoms with van der Waals surface area (Å²) in [5, 5.41) is 10.7. The number of carbonyl (C=O) groups excluding carboxylic acids is 1. The van der Waals surface area contributed by atoms with Crippen LogP contribution in [0.3, 0.4) is 0 Å². The van der Waals surface area contributed by atoms with Crippen LogP contribution >= 0.6 is 0 Å². The first-order valence-corrected chi connectivity index (χ1v) is 8.62. The van der Waals surface area contributed by atoms with Gasteiger partial charge in [-0.1, -0.05) is 19.3 Å². The van der Waals surface area contributed by atoms with E-state index in [2.05, 4.69) is 4.98 Å². The van der Waals surface area contributed by atoms with Gasteiger partial charge in [0.15, 0.2) is 0 Å². The number of likely N-dealkylation sites (N-methyl/N-ethyl adjacent to an activating group) is 1. The lowest BCUT2D eigenvalue weighted by Gasteiger charge is -2.41. The number of carboxylic acids is 1. The molecule has 0 atom stereocenters. The molecule has 3 rings (SSSR count). The summed E-state index contributed by atoms with van der Waals surface area (Å²) in [4.78, 5) is 29.3. The molecular formula is C19H24N2O4. The maximum absolute atomic E-state index is 12.8. The molecule has 1 aliphatic rings. The largest absolute Gasteiger partial charge is 0.497 e. The predicted octanol–water partition coefficient (Wildman–Crippen LogP) is 2.96. The zero-order valence-corrected chi connectivity index (χ0v) is 14.7. The summed E-state index contributed by atoms with van der Waals surface area (Å²) >= 11 is 0. The lowest BCUT2D eigenvalue weighted by molar-refractivity contribution is -0.160. The lowest BCUT2D eigenvalue weighted by Crippen LogP contribution is -2.56. The number of benzene rings is 1. The van der Waals surface area contributed by atoms with Crippen LogP contribution in [0.2, 0.25) is 0 Å². The highest BCUT2D eigenvalue weighted by Crippen LogP contribution is 2.34. The van der Waals surface area contributed by atoms with Gasteiger partial charge in [-0.2, -0.15) is 0 Å². The Morgan fingerprint density at radius 3 is 2.64 bits per heavy atom. The molecule has 1 heterocycles. The first kappa shape index (κ1) is 17.3. The van der Waals surface area contributed by atoms with Gasteiger partial charge in [0.05, 0.1) is 13.5 Å². The van der Waals surface area contributed by atoms with Crippen LogP contribution in [0.4, 0.5) is 0 Å². The molecule has 25 heavy (non-hydrogen) atoms. The minimum absolute atomic E-state index is 0.165. The van der Waals surface area contributed by atoms with Crippen molar-refractivity contribution in [1.29, 1.82) is 0 Å². The molecule has 0 bridgehead atoms. The molecule has 0 spiro atoms. The summed E-state index contributed by atoms with van der Waals surface area (Å²) in [6, 6.07) is 5.66. The molecule has 0 radical (unpaired) electrons. The van der Waals surface area contributed by atoms with Gasteiger partial charge in [-0.25, -0.2) is 4.79 Å². The number of fused-ring (bicyclic) bond motifs is 1. The molecule has 0 saturated heterocycles. The second-order valence-electron chi connectivity index (χ2n) is 6.75. The monoisotopic (exact) mass is 344 g/mol. The highest BCUT2D eigenvalue weighted by molar-refractivity contribution is 5.92. The molecule has 1 aromatic carbocycles. The quantitative estimate of drug-likeness (QED) is 0.873. The molecule has 1 fully saturated rings. The van der Waals surface area contributed by atoms with Gasteiger partial charge in [-0.15, -0.1) is 0 Å². The number of rotatable bonds is 5. The topological polar surface area (TPSA) is 82.6 Å². The maximum Gasteiger partial charge on any atom is 0.329 e. The number of nitrogens with one attached hydrogen (secondary N) is 1. The highest BCUT2D eigenvalue weighted by atomic mass is 16.5. The number of H-pyrrole nitrogens is 1. The van der Waals surface area contributed by atoms with Gasteiger partial charge >= 0.3 is 5.97 Å². The van der Waals surface area contributed by atoms with Crippen molar-refractivity contribution in [1.82, 2.24) is 9.88 Å². The summed E-state index contributed by atoms with van der Waals surface area (Å²) in [5.41, 5.74) is 0.707. The number of carboxylic acid groups (broad SMARTS) is 1. The lowest BCUT2D eigenvalue weighted by atomic mass is 9.80. The Balaban J connectivity index is 1.85. The van der Waals surface area contributed by atoms with E-state index in [-0.39, 0.29) is 12.3 Å². The number of carbonyl (C=O) groups is 2. The van der Waals surface area contributed by atoms with E-state index >= 15 is 0 Å². The SMILES string of the molecule is COc1ccc2[nH]cc(CC(=O)N(C)C3(C(=O)O)CCCCC3)c2c1. The summed E-state index contributed by atoms with van der Waals surface area (Å²) in [7, 11) is 3.23. The molecule has 0 aliphatic heterocycles. The van der Waals surface area contributed by atoms with Gasteiger partial charge in [0, 0.05) is 24.1 Å². The van der Waals surface area contributed by atoms with Gasteiger partial charge < -0.3 is 19.7 Å². The summed E-state index contributed by atoms with van der Waals surface area (Å²) < 4.78 is 5.25. The van der Waals surface area contributed by atoms with Crippen LogP contribution in [0.1, 0.15) is 37.7 Å². The first-order valence-electron chi connectivity index (χ1n) is 8.62. The number of hydrogen-bond donors (Lipinski definition) is 2. The number of methoxy groups -OCH3 is 1. The summed E-state index contributed by atoms with van der Waals surface area (Å²) in [6.07, 6.45) is 5.73. The Morgan fingerprint density at radius 2 is 2.00 bits per heavy atom. The van der Waals surface area contributed by atoms with E-state index in [4.69, 9.17) is 4.74 Å². The fraction of sp³-hybridized carbons (Fsp3) is 0.474. The number of aliphatic carboxylic acids is 1. The summed E-state index contributed by atoms with van der Waals surface area (Å²) in [5.74, 6) is -0.347. The number of nitrogens with zero attached hydrogens (tertiary/aromatic N) is 1. The average Bonchev–Trinajstić information content (AvgIpc) is 3.03. The fourth-order valence-corrected chi connectivity index (χ4v) is 3.78. The predicted molar refractivity (Wildman–Crippen MR) is 94.8 cm³/mol. The number of hydrogen-bond acceptors (Lipinski definition) is 3. The second kappa shape index (κ2) is 6.78. The van der Waals surface area contributed by atoms with E-state index in [1.807, 2.05) is 24.4 Å². The van der Waals surface area contributed by atoms with E-state index in [0.717, 1.165) is 41.5 Å². The van der Waals surface area contributed by atoms with E-state index < -0.39 is 11.5 Å². The fourth-order valence-electron chi connectivity index (χ4n) is 3.78. The van der Waals surface area contributed by atoms with E-state index in [9.17, 15) is 14.7 Å². The molecular weight excluding hydrogens is 320 g/mol. The van der Waals surface area contributed by atoms with Gasteiger partial charge in [0.1, 0.15) is 11.3 Å². The maximum atomic E-state index is 12.8. The van der Waals surface area contributed by atoms with Crippen molar-refractivity contribution in [2.45, 2.75) is 44.1 Å². The van der Waals surface area contributed by atoms with Crippen molar-refractivity contribution in [3.8, 4) is 5.75 Å². The highest BCUT2D eigenvalue weighted by Gasteiger charge is 2.45. The molecule has 0 unspecified atom stereocenters. The Hall–Kier alpha value is -2.50. The van der Waals surface area contributed by atoms with Crippen LogP contribution < -0.4 is 4.74 Å². The van der Waals surface area contributed by atoms with Crippen molar-refractivity contribution in [2.24, 2.45) is 0 Å².